The van der Waals surface area contributed by atoms with Crippen molar-refractivity contribution in [3.63, 3.8) is 0 Å². The van der Waals surface area contributed by atoms with E-state index in [-0.39, 0.29) is 27.0 Å². The summed E-state index contributed by atoms with van der Waals surface area (Å²) in [4.78, 5) is 50.7. The van der Waals surface area contributed by atoms with Gasteiger partial charge in [-0.1, -0.05) is 35.9 Å². The molecule has 0 radical (unpaired) electrons. The fourth-order valence-corrected chi connectivity index (χ4v) is 3.55. The van der Waals surface area contributed by atoms with Crippen LogP contribution in [0.3, 0.4) is 0 Å². The van der Waals surface area contributed by atoms with E-state index in [9.17, 15) is 28.0 Å². The number of aryl methyl sites for hydroxylation is 1. The van der Waals surface area contributed by atoms with Crippen LogP contribution in [-0.4, -0.2) is 34.4 Å². The van der Waals surface area contributed by atoms with Crippen molar-refractivity contribution in [1.82, 2.24) is 10.2 Å². The first-order valence-corrected chi connectivity index (χ1v) is 9.78. The average molecular weight is 467 g/mol. The summed E-state index contributed by atoms with van der Waals surface area (Å²) in [7, 11) is 0. The Bertz CT molecular complexity index is 1360. The third-order valence-corrected chi connectivity index (χ3v) is 5.33. The maximum Gasteiger partial charge on any atom is 0.330 e. The van der Waals surface area contributed by atoms with Crippen LogP contribution in [0.15, 0.2) is 42.5 Å². The second kappa shape index (κ2) is 8.43. The molecule has 6 nitrogen and oxygen atoms in total. The lowest BCUT2D eigenvalue weighted by atomic mass is 9.97. The van der Waals surface area contributed by atoms with E-state index in [1.54, 1.807) is 0 Å². The fraction of sp³-hybridized carbons (Fsp3) is 0.304. The average Bonchev–Trinajstić information content (AvgIpc) is 3.16. The van der Waals surface area contributed by atoms with Crippen LogP contribution >= 0.6 is 11.6 Å². The lowest BCUT2D eigenvalue weighted by molar-refractivity contribution is -0.144. The summed E-state index contributed by atoms with van der Waals surface area (Å²) in [5.41, 5.74) is -0.786. The summed E-state index contributed by atoms with van der Waals surface area (Å²) in [6, 6.07) is 5.75. The molecule has 0 bridgehead atoms. The van der Waals surface area contributed by atoms with E-state index in [1.807, 2.05) is 0 Å². The van der Waals surface area contributed by atoms with Crippen LogP contribution in [0.4, 0.5) is 8.78 Å². The van der Waals surface area contributed by atoms with E-state index in [1.165, 1.54) is 12.1 Å². The number of halogens is 3. The summed E-state index contributed by atoms with van der Waals surface area (Å²) < 4.78 is 77.6. The number of nitrogens with zero attached hydrogens (tertiary/aromatic N) is 1. The summed E-state index contributed by atoms with van der Waals surface area (Å²) in [5, 5.41) is 0.0218. The van der Waals surface area contributed by atoms with E-state index in [0.717, 1.165) is 35.2 Å². The maximum absolute atomic E-state index is 14.7. The minimum absolute atomic E-state index is 0.0408. The third-order valence-electron chi connectivity index (χ3n) is 5.08. The molecular weight excluding hydrogens is 442 g/mol. The van der Waals surface area contributed by atoms with Crippen LogP contribution in [0.25, 0.3) is 0 Å². The number of nitrogens with one attached hydrogen (secondary N) is 1. The smallest absolute Gasteiger partial charge is 0.322 e. The topological polar surface area (TPSA) is 83.6 Å². The van der Waals surface area contributed by atoms with Gasteiger partial charge >= 0.3 is 5.92 Å². The molecule has 1 saturated heterocycles. The molecule has 2 aliphatic heterocycles. The van der Waals surface area contributed by atoms with Gasteiger partial charge in [0.05, 0.1) is 0 Å². The molecule has 2 unspecified atom stereocenters. The van der Waals surface area contributed by atoms with E-state index in [4.69, 9.17) is 19.9 Å². The zero-order valence-corrected chi connectivity index (χ0v) is 17.0. The van der Waals surface area contributed by atoms with Gasteiger partial charge in [0.25, 0.3) is 5.91 Å². The van der Waals surface area contributed by atoms with Crippen molar-refractivity contribution in [1.29, 1.82) is 0 Å². The molecular formula is C23H19ClF2N2O4. The molecule has 9 heteroatoms. The number of Topliss-reactive ketones (excluding diaryl/α,β-unsaturated/α-hetero) is 1. The highest BCUT2D eigenvalue weighted by molar-refractivity contribution is 6.30. The van der Waals surface area contributed by atoms with Gasteiger partial charge in [-0.2, -0.15) is 8.78 Å². The number of piperidine rings is 1. The standard InChI is InChI=1S/C23H19ClF2N2O4/c24-16-5-3-15(4-6-16)23(25,26)19(29)9-2-13-1-7-17-14(11-13)12-28(22(17)32)18-8-10-20(30)27-21(18)31/h1,3-7,11,18H,2,8-10,12H2,(H,27,30,31)/i2D2,8D2,10D/hD. The Morgan fingerprint density at radius 1 is 1.25 bits per heavy atom. The van der Waals surface area contributed by atoms with Crippen molar-refractivity contribution in [3.8, 4) is 0 Å². The Morgan fingerprint density at radius 3 is 2.69 bits per heavy atom. The Kier molecular flexibility index (Phi) is 4.12. The lowest BCUT2D eigenvalue weighted by Crippen LogP contribution is -2.52. The first-order chi connectivity index (χ1) is 17.5. The zero-order chi connectivity index (χ0) is 28.4. The second-order valence-electron chi connectivity index (χ2n) is 7.16. The van der Waals surface area contributed by atoms with E-state index in [0.29, 0.717) is 0 Å². The fourth-order valence-electron chi connectivity index (χ4n) is 3.42. The van der Waals surface area contributed by atoms with Gasteiger partial charge in [-0.25, -0.2) is 0 Å². The highest BCUT2D eigenvalue weighted by atomic mass is 35.5. The van der Waals surface area contributed by atoms with Gasteiger partial charge in [-0.3, -0.25) is 24.5 Å². The SMILES string of the molecule is [2H]C1C(=O)N([2H])C(=O)C(N2Cc3cc(C([2H])([2H])CC(=O)C(F)(F)c4ccc(Cl)cc4)ccc3C2=O)C1([2H])[2H]. The predicted molar refractivity (Wildman–Crippen MR) is 111 cm³/mol. The molecule has 2 atom stereocenters. The minimum atomic E-state index is -4.00. The molecule has 1 fully saturated rings. The summed E-state index contributed by atoms with van der Waals surface area (Å²) in [6.45, 7) is -0.433. The molecule has 166 valence electrons. The molecule has 0 aromatic heterocycles. The summed E-state index contributed by atoms with van der Waals surface area (Å²) >= 11 is 5.70. The predicted octanol–water partition coefficient (Wildman–Crippen LogP) is 3.39. The monoisotopic (exact) mass is 466 g/mol. The molecule has 2 aromatic rings. The Morgan fingerprint density at radius 2 is 1.97 bits per heavy atom. The third kappa shape index (κ3) is 4.14. The quantitative estimate of drug-likeness (QED) is 0.661. The molecule has 3 amide bonds. The van der Waals surface area contributed by atoms with Crippen LogP contribution in [0.2, 0.25) is 6.43 Å². The zero-order valence-electron chi connectivity index (χ0n) is 22.3. The minimum Gasteiger partial charge on any atom is -0.322 e. The number of carbonyl (C=O) groups excluding carboxylic acids is 4. The Balaban J connectivity index is 1.59. The first-order valence-electron chi connectivity index (χ1n) is 12.4. The van der Waals surface area contributed by atoms with Gasteiger partial charge in [-0.05, 0) is 42.1 Å². The van der Waals surface area contributed by atoms with Crippen molar-refractivity contribution < 1.29 is 36.2 Å². The first kappa shape index (κ1) is 15.6. The number of fused-ring (bicyclic) bond motifs is 1. The highest BCUT2D eigenvalue weighted by Crippen LogP contribution is 2.32. The summed E-state index contributed by atoms with van der Waals surface area (Å²) in [5.74, 6) is -9.26. The normalized spacial score (nSPS) is 25.9. The molecule has 2 heterocycles. The molecule has 32 heavy (non-hydrogen) atoms. The number of alkyl halides is 2. The van der Waals surface area contributed by atoms with E-state index >= 15 is 0 Å². The van der Waals surface area contributed by atoms with E-state index in [2.05, 4.69) is 0 Å². The number of hydrogen-bond acceptors (Lipinski definition) is 4. The highest BCUT2D eigenvalue weighted by Gasteiger charge is 2.41. The second-order valence-corrected chi connectivity index (χ2v) is 7.60. The van der Waals surface area contributed by atoms with Gasteiger partial charge in [0.2, 0.25) is 17.6 Å². The van der Waals surface area contributed by atoms with Crippen molar-refractivity contribution >= 4 is 35.1 Å². The summed E-state index contributed by atoms with van der Waals surface area (Å²) in [6.07, 6.45) is -8.76. The van der Waals surface area contributed by atoms with Crippen molar-refractivity contribution in [2.24, 2.45) is 0 Å². The largest absolute Gasteiger partial charge is 0.330 e. The molecule has 4 rings (SSSR count). The van der Waals surface area contributed by atoms with Crippen LogP contribution in [0.5, 0.6) is 0 Å². The molecule has 0 spiro atoms. The molecule has 2 aromatic carbocycles. The van der Waals surface area contributed by atoms with Crippen molar-refractivity contribution in [2.75, 3.05) is 0 Å². The number of rotatable bonds is 6. The van der Waals surface area contributed by atoms with Gasteiger partial charge < -0.3 is 4.90 Å². The van der Waals surface area contributed by atoms with Crippen molar-refractivity contribution in [3.05, 3.63) is 69.7 Å². The van der Waals surface area contributed by atoms with Crippen LogP contribution in [-0.2, 0) is 33.2 Å². The molecule has 1 N–H and O–H groups in total. The number of amides is 3. The Labute approximate surface area is 196 Å². The van der Waals surface area contributed by atoms with Crippen LogP contribution < -0.4 is 5.31 Å². The maximum atomic E-state index is 14.7. The van der Waals surface area contributed by atoms with E-state index < -0.39 is 73.1 Å². The van der Waals surface area contributed by atoms with Gasteiger partial charge in [0.1, 0.15) is 6.04 Å². The van der Waals surface area contributed by atoms with Gasteiger partial charge in [0.15, 0.2) is 1.41 Å². The number of benzene rings is 2. The molecule has 0 saturated carbocycles. The number of ketones is 1. The number of carbonyl (C=O) groups is 4. The van der Waals surface area contributed by atoms with Crippen LogP contribution in [0.1, 0.15) is 53.1 Å². The molecule has 2 aliphatic rings. The lowest BCUT2D eigenvalue weighted by Gasteiger charge is -2.29. The van der Waals surface area contributed by atoms with Crippen molar-refractivity contribution in [2.45, 2.75) is 44.1 Å². The molecule has 0 aliphatic carbocycles. The Hall–Kier alpha value is -3.13. The number of imide groups is 1. The van der Waals surface area contributed by atoms with Gasteiger partial charge in [-0.15, -0.1) is 0 Å². The van der Waals surface area contributed by atoms with Gasteiger partial charge in [0, 0.05) is 42.4 Å². The number of hydrogen-bond donors (Lipinski definition) is 1. The van der Waals surface area contributed by atoms with Crippen LogP contribution in [0, 0.1) is 0 Å².